The molecular formula is C31H27FO4. The fourth-order valence-corrected chi connectivity index (χ4v) is 3.11. The van der Waals surface area contributed by atoms with Crippen molar-refractivity contribution in [3.8, 4) is 5.75 Å². The van der Waals surface area contributed by atoms with Gasteiger partial charge in [0.25, 0.3) is 0 Å². The lowest BCUT2D eigenvalue weighted by molar-refractivity contribution is -0.140. The van der Waals surface area contributed by atoms with Gasteiger partial charge in [-0.2, -0.15) is 0 Å². The fraction of sp³-hybridized carbons (Fsp3) is 0.0968. The summed E-state index contributed by atoms with van der Waals surface area (Å²) in [6.07, 6.45) is 7.00. The summed E-state index contributed by atoms with van der Waals surface area (Å²) < 4.78 is 25.3. The average Bonchev–Trinajstić information content (AvgIpc) is 2.86. The van der Waals surface area contributed by atoms with Crippen LogP contribution in [0, 0.1) is 5.82 Å². The second kappa shape index (κ2) is 12.3. The molecule has 3 aromatic rings. The summed E-state index contributed by atoms with van der Waals surface area (Å²) in [6.45, 7) is 10.5. The van der Waals surface area contributed by atoms with Gasteiger partial charge in [-0.25, -0.2) is 14.0 Å². The summed E-state index contributed by atoms with van der Waals surface area (Å²) >= 11 is 0. The zero-order chi connectivity index (χ0) is 26.1. The molecule has 0 aliphatic heterocycles. The van der Waals surface area contributed by atoms with Gasteiger partial charge >= 0.3 is 11.9 Å². The lowest BCUT2D eigenvalue weighted by atomic mass is 10.1. The molecule has 5 heteroatoms. The maximum atomic E-state index is 14.8. The van der Waals surface area contributed by atoms with Crippen LogP contribution in [0.5, 0.6) is 5.75 Å². The summed E-state index contributed by atoms with van der Waals surface area (Å²) in [5.74, 6) is -0.916. The molecule has 0 heterocycles. The van der Waals surface area contributed by atoms with Gasteiger partial charge in [0, 0.05) is 22.3 Å². The molecule has 0 spiro atoms. The first kappa shape index (κ1) is 26.1. The third-order valence-electron chi connectivity index (χ3n) is 5.07. The summed E-state index contributed by atoms with van der Waals surface area (Å²) in [5, 5.41) is 0. The molecule has 0 unspecified atom stereocenters. The Kier molecular flexibility index (Phi) is 8.89. The molecular weight excluding hydrogens is 455 g/mol. The third-order valence-corrected chi connectivity index (χ3v) is 5.07. The highest BCUT2D eigenvalue weighted by atomic mass is 19.1. The first-order chi connectivity index (χ1) is 17.2. The molecule has 182 valence electrons. The average molecular weight is 483 g/mol. The number of carbonyl (C=O) groups excluding carboxylic acids is 2. The number of hydrogen-bond donors (Lipinski definition) is 0. The molecule has 0 aliphatic carbocycles. The maximum Gasteiger partial charge on any atom is 0.338 e. The molecule has 0 N–H and O–H groups in total. The van der Waals surface area contributed by atoms with Crippen LogP contribution in [0.4, 0.5) is 4.39 Å². The van der Waals surface area contributed by atoms with E-state index in [1.165, 1.54) is 6.07 Å². The van der Waals surface area contributed by atoms with E-state index in [4.69, 9.17) is 9.47 Å². The van der Waals surface area contributed by atoms with Crippen molar-refractivity contribution in [3.05, 3.63) is 125 Å². The van der Waals surface area contributed by atoms with Gasteiger partial charge in [0.15, 0.2) is 0 Å². The van der Waals surface area contributed by atoms with Gasteiger partial charge in [-0.1, -0.05) is 86.0 Å². The van der Waals surface area contributed by atoms with E-state index < -0.39 is 11.9 Å². The lowest BCUT2D eigenvalue weighted by Crippen LogP contribution is -2.08. The summed E-state index contributed by atoms with van der Waals surface area (Å²) in [4.78, 5) is 23.4. The van der Waals surface area contributed by atoms with Crippen LogP contribution in [-0.4, -0.2) is 11.9 Å². The minimum atomic E-state index is -0.503. The lowest BCUT2D eigenvalue weighted by Gasteiger charge is -2.07. The van der Waals surface area contributed by atoms with Crippen LogP contribution in [0.15, 0.2) is 91.0 Å². The summed E-state index contributed by atoms with van der Waals surface area (Å²) in [6, 6.07) is 19.5. The Hall–Kier alpha value is -4.51. The van der Waals surface area contributed by atoms with Gasteiger partial charge in [-0.15, -0.1) is 0 Å². The number of ether oxygens (including phenoxy) is 2. The zero-order valence-corrected chi connectivity index (χ0v) is 20.3. The molecule has 0 amide bonds. The highest BCUT2D eigenvalue weighted by molar-refractivity contribution is 5.89. The molecule has 3 aromatic carbocycles. The van der Waals surface area contributed by atoms with Crippen LogP contribution in [0.3, 0.4) is 0 Å². The quantitative estimate of drug-likeness (QED) is 0.139. The normalized spacial score (nSPS) is 11.0. The minimum absolute atomic E-state index is 0.137. The van der Waals surface area contributed by atoms with Crippen molar-refractivity contribution in [2.45, 2.75) is 20.5 Å². The predicted molar refractivity (Wildman–Crippen MR) is 142 cm³/mol. The van der Waals surface area contributed by atoms with Crippen LogP contribution in [0.2, 0.25) is 0 Å². The van der Waals surface area contributed by atoms with Crippen molar-refractivity contribution in [3.63, 3.8) is 0 Å². The van der Waals surface area contributed by atoms with E-state index in [2.05, 4.69) is 13.2 Å². The van der Waals surface area contributed by atoms with Gasteiger partial charge < -0.3 is 9.47 Å². The number of benzene rings is 3. The number of para-hydroxylation sites is 1. The van der Waals surface area contributed by atoms with Crippen LogP contribution in [-0.2, 0) is 20.9 Å². The minimum Gasteiger partial charge on any atom is -0.457 e. The molecule has 0 saturated heterocycles. The number of carbonyl (C=O) groups is 2. The van der Waals surface area contributed by atoms with Crippen molar-refractivity contribution in [1.29, 1.82) is 0 Å². The molecule has 0 fully saturated rings. The van der Waals surface area contributed by atoms with Crippen molar-refractivity contribution in [2.75, 3.05) is 0 Å². The van der Waals surface area contributed by atoms with Crippen molar-refractivity contribution in [2.24, 2.45) is 0 Å². The summed E-state index contributed by atoms with van der Waals surface area (Å²) in [5.41, 5.74) is 4.09. The van der Waals surface area contributed by atoms with E-state index in [-0.39, 0.29) is 12.4 Å². The third kappa shape index (κ3) is 7.50. The molecule has 0 atom stereocenters. The largest absolute Gasteiger partial charge is 0.457 e. The number of rotatable bonds is 9. The van der Waals surface area contributed by atoms with Crippen LogP contribution in [0.1, 0.15) is 41.7 Å². The topological polar surface area (TPSA) is 52.6 Å². The summed E-state index contributed by atoms with van der Waals surface area (Å²) in [7, 11) is 0. The maximum absolute atomic E-state index is 14.8. The van der Waals surface area contributed by atoms with Gasteiger partial charge in [0.1, 0.15) is 18.2 Å². The van der Waals surface area contributed by atoms with Gasteiger partial charge in [0.05, 0.1) is 0 Å². The molecule has 36 heavy (non-hydrogen) atoms. The molecule has 0 saturated carbocycles. The van der Waals surface area contributed by atoms with Crippen molar-refractivity contribution in [1.82, 2.24) is 0 Å². The monoisotopic (exact) mass is 482 g/mol. The fourth-order valence-electron chi connectivity index (χ4n) is 3.11. The van der Waals surface area contributed by atoms with Gasteiger partial charge in [0.2, 0.25) is 0 Å². The van der Waals surface area contributed by atoms with E-state index >= 15 is 0 Å². The van der Waals surface area contributed by atoms with E-state index in [1.54, 1.807) is 68.5 Å². The molecule has 3 rings (SSSR count). The Balaban J connectivity index is 1.70. The highest BCUT2D eigenvalue weighted by Gasteiger charge is 2.08. The number of halogens is 1. The zero-order valence-electron chi connectivity index (χ0n) is 20.3. The second-order valence-electron chi connectivity index (χ2n) is 8.26. The Morgan fingerprint density at radius 3 is 2.14 bits per heavy atom. The van der Waals surface area contributed by atoms with Gasteiger partial charge in [-0.3, -0.25) is 0 Å². The molecule has 0 aromatic heterocycles. The Labute approximate surface area is 210 Å². The van der Waals surface area contributed by atoms with Crippen LogP contribution < -0.4 is 4.74 Å². The molecule has 0 radical (unpaired) electrons. The standard InChI is InChI=1S/C31H27FO4/c1-21(2)30(33)35-20-25-9-7-8-23(18-25)12-15-26-16-13-24(19-28(26)32)14-17-27-10-5-6-11-29(27)36-31(34)22(3)4/h5-19H,1,3,20H2,2,4H3/b15-12+,17-14+. The number of esters is 2. The van der Waals surface area contributed by atoms with Crippen molar-refractivity contribution < 1.29 is 23.5 Å². The molecule has 4 nitrogen and oxygen atoms in total. The van der Waals surface area contributed by atoms with E-state index in [1.807, 2.05) is 30.3 Å². The van der Waals surface area contributed by atoms with E-state index in [9.17, 15) is 14.0 Å². The smallest absolute Gasteiger partial charge is 0.338 e. The molecule has 0 bridgehead atoms. The predicted octanol–water partition coefficient (Wildman–Crippen LogP) is 7.27. The SMILES string of the molecule is C=C(C)C(=O)OCc1cccc(/C=C/c2ccc(/C=C/c3ccccc3OC(=O)C(=C)C)cc2F)c1. The Morgan fingerprint density at radius 1 is 0.778 bits per heavy atom. The van der Waals surface area contributed by atoms with Gasteiger partial charge in [-0.05, 0) is 48.7 Å². The van der Waals surface area contributed by atoms with Crippen LogP contribution >= 0.6 is 0 Å². The van der Waals surface area contributed by atoms with E-state index in [0.29, 0.717) is 33.6 Å². The second-order valence-corrected chi connectivity index (χ2v) is 8.26. The van der Waals surface area contributed by atoms with Crippen molar-refractivity contribution >= 4 is 36.2 Å². The van der Waals surface area contributed by atoms with E-state index in [0.717, 1.165) is 11.1 Å². The molecule has 0 aliphatic rings. The Bertz CT molecular complexity index is 1360. The first-order valence-corrected chi connectivity index (χ1v) is 11.3. The first-order valence-electron chi connectivity index (χ1n) is 11.3. The Morgan fingerprint density at radius 2 is 1.44 bits per heavy atom. The highest BCUT2D eigenvalue weighted by Crippen LogP contribution is 2.23. The van der Waals surface area contributed by atoms with Crippen LogP contribution in [0.25, 0.3) is 24.3 Å². The number of hydrogen-bond acceptors (Lipinski definition) is 4.